The van der Waals surface area contributed by atoms with E-state index in [0.29, 0.717) is 29.5 Å². The summed E-state index contributed by atoms with van der Waals surface area (Å²) in [6.07, 6.45) is 3.83. The van der Waals surface area contributed by atoms with Gasteiger partial charge in [-0.3, -0.25) is 4.40 Å². The monoisotopic (exact) mass is 459 g/mol. The maximum Gasteiger partial charge on any atom is 0.412 e. The number of alkyl carbamates (subject to hydrolysis) is 1. The van der Waals surface area contributed by atoms with E-state index in [4.69, 9.17) is 4.74 Å². The molecule has 0 unspecified atom stereocenters. The Morgan fingerprint density at radius 3 is 2.65 bits per heavy atom. The first kappa shape index (κ1) is 22.3. The highest BCUT2D eigenvalue weighted by molar-refractivity contribution is 5.96. The van der Waals surface area contributed by atoms with Gasteiger partial charge < -0.3 is 25.4 Å². The topological polar surface area (TPSA) is 132 Å². The summed E-state index contributed by atoms with van der Waals surface area (Å²) in [5, 5.41) is 8.91. The Morgan fingerprint density at radius 2 is 1.88 bits per heavy atom. The lowest BCUT2D eigenvalue weighted by atomic mass is 10.2. The number of hydrogen-bond donors (Lipinski definition) is 3. The molecule has 4 aromatic rings. The summed E-state index contributed by atoms with van der Waals surface area (Å²) >= 11 is 0. The number of anilines is 4. The third-order valence-electron chi connectivity index (χ3n) is 4.68. The van der Waals surface area contributed by atoms with E-state index in [9.17, 15) is 9.59 Å². The van der Waals surface area contributed by atoms with Gasteiger partial charge in [0.15, 0.2) is 0 Å². The van der Waals surface area contributed by atoms with E-state index in [1.54, 1.807) is 41.1 Å². The summed E-state index contributed by atoms with van der Waals surface area (Å²) < 4.78 is 11.2. The van der Waals surface area contributed by atoms with Crippen LogP contribution in [0.3, 0.4) is 0 Å². The van der Waals surface area contributed by atoms with Crippen LogP contribution in [-0.2, 0) is 16.0 Å². The van der Waals surface area contributed by atoms with Gasteiger partial charge in [-0.25, -0.2) is 14.6 Å². The van der Waals surface area contributed by atoms with Gasteiger partial charge in [0, 0.05) is 24.6 Å². The first-order chi connectivity index (χ1) is 16.6. The number of fused-ring (bicyclic) bond motifs is 1. The van der Waals surface area contributed by atoms with Gasteiger partial charge in [0.05, 0.1) is 24.6 Å². The zero-order valence-electron chi connectivity index (χ0n) is 18.2. The zero-order valence-corrected chi connectivity index (χ0v) is 18.2. The predicted molar refractivity (Wildman–Crippen MR) is 125 cm³/mol. The molecular weight excluding hydrogens is 438 g/mol. The molecular formula is C23H21N7O4. The minimum Gasteiger partial charge on any atom is -0.465 e. The van der Waals surface area contributed by atoms with Crippen molar-refractivity contribution in [3.05, 3.63) is 84.9 Å². The molecule has 0 aliphatic carbocycles. The highest BCUT2D eigenvalue weighted by Crippen LogP contribution is 2.22. The normalized spacial score (nSPS) is 10.4. The van der Waals surface area contributed by atoms with Crippen LogP contribution in [0.1, 0.15) is 15.9 Å². The number of benzene rings is 2. The molecule has 4 rings (SSSR count). The van der Waals surface area contributed by atoms with Crippen molar-refractivity contribution in [2.75, 3.05) is 17.7 Å². The second-order valence-corrected chi connectivity index (χ2v) is 6.88. The maximum absolute atomic E-state index is 12.1. The van der Waals surface area contributed by atoms with Crippen molar-refractivity contribution in [1.82, 2.24) is 24.7 Å². The molecule has 2 aromatic carbocycles. The van der Waals surface area contributed by atoms with Crippen molar-refractivity contribution in [1.29, 1.82) is 0 Å². The number of imidazole rings is 1. The highest BCUT2D eigenvalue weighted by Gasteiger charge is 2.14. The molecule has 2 aromatic heterocycles. The van der Waals surface area contributed by atoms with Crippen LogP contribution in [0.2, 0.25) is 0 Å². The SMILES string of the molecule is C=COC(=O)NCc1ccc(Nc2nc(Nc3ccccc3C(=O)OC)nc3nccn23)cc1. The van der Waals surface area contributed by atoms with E-state index in [2.05, 4.69) is 42.2 Å². The smallest absolute Gasteiger partial charge is 0.412 e. The average molecular weight is 459 g/mol. The molecule has 3 N–H and O–H groups in total. The van der Waals surface area contributed by atoms with Crippen molar-refractivity contribution in [2.45, 2.75) is 6.54 Å². The van der Waals surface area contributed by atoms with Crippen LogP contribution in [0, 0.1) is 0 Å². The fraction of sp³-hybridized carbons (Fsp3) is 0.0870. The van der Waals surface area contributed by atoms with Crippen molar-refractivity contribution in [3.63, 3.8) is 0 Å². The Hall–Kier alpha value is -4.93. The number of hydrogen-bond acceptors (Lipinski definition) is 9. The zero-order chi connectivity index (χ0) is 23.9. The number of rotatable bonds is 8. The van der Waals surface area contributed by atoms with Crippen molar-refractivity contribution < 1.29 is 19.1 Å². The third kappa shape index (κ3) is 5.10. The molecule has 0 aliphatic rings. The van der Waals surface area contributed by atoms with Gasteiger partial charge in [-0.05, 0) is 29.8 Å². The molecule has 1 amide bonds. The van der Waals surface area contributed by atoms with Crippen molar-refractivity contribution >= 4 is 41.1 Å². The van der Waals surface area contributed by atoms with E-state index in [1.807, 2.05) is 24.3 Å². The molecule has 11 heteroatoms. The summed E-state index contributed by atoms with van der Waals surface area (Å²) in [5.74, 6) is 0.646. The molecule has 0 radical (unpaired) electrons. The number of para-hydroxylation sites is 1. The van der Waals surface area contributed by atoms with Crippen LogP contribution in [0.4, 0.5) is 28.1 Å². The largest absolute Gasteiger partial charge is 0.465 e. The van der Waals surface area contributed by atoms with Gasteiger partial charge in [-0.1, -0.05) is 30.8 Å². The first-order valence-electron chi connectivity index (χ1n) is 10.1. The number of carbonyl (C=O) groups is 2. The Morgan fingerprint density at radius 1 is 1.09 bits per heavy atom. The molecule has 172 valence electrons. The molecule has 0 bridgehead atoms. The number of esters is 1. The van der Waals surface area contributed by atoms with Gasteiger partial charge in [-0.2, -0.15) is 9.97 Å². The van der Waals surface area contributed by atoms with Crippen molar-refractivity contribution in [3.8, 4) is 0 Å². The lowest BCUT2D eigenvalue weighted by Crippen LogP contribution is -2.21. The lowest BCUT2D eigenvalue weighted by molar-refractivity contribution is 0.0602. The van der Waals surface area contributed by atoms with E-state index < -0.39 is 12.1 Å². The van der Waals surface area contributed by atoms with E-state index in [-0.39, 0.29) is 5.95 Å². The Kier molecular flexibility index (Phi) is 6.63. The van der Waals surface area contributed by atoms with Crippen LogP contribution in [0.25, 0.3) is 5.78 Å². The molecule has 0 saturated carbocycles. The molecule has 0 spiro atoms. The summed E-state index contributed by atoms with van der Waals surface area (Å²) in [6, 6.07) is 14.3. The molecule has 0 aliphatic heterocycles. The Balaban J connectivity index is 1.55. The minimum absolute atomic E-state index is 0.249. The number of ether oxygens (including phenoxy) is 2. The highest BCUT2D eigenvalue weighted by atomic mass is 16.5. The van der Waals surface area contributed by atoms with E-state index >= 15 is 0 Å². The summed E-state index contributed by atoms with van der Waals surface area (Å²) in [7, 11) is 1.32. The summed E-state index contributed by atoms with van der Waals surface area (Å²) in [6.45, 7) is 3.64. The van der Waals surface area contributed by atoms with Gasteiger partial charge in [-0.15, -0.1) is 0 Å². The van der Waals surface area contributed by atoms with Crippen LogP contribution >= 0.6 is 0 Å². The summed E-state index contributed by atoms with van der Waals surface area (Å²) in [4.78, 5) is 36.7. The van der Waals surface area contributed by atoms with Crippen LogP contribution < -0.4 is 16.0 Å². The van der Waals surface area contributed by atoms with Crippen LogP contribution in [0.15, 0.2) is 73.8 Å². The predicted octanol–water partition coefficient (Wildman–Crippen LogP) is 3.77. The molecule has 0 fully saturated rings. The van der Waals surface area contributed by atoms with E-state index in [0.717, 1.165) is 17.5 Å². The maximum atomic E-state index is 12.1. The summed E-state index contributed by atoms with van der Waals surface area (Å²) in [5.41, 5.74) is 2.49. The number of methoxy groups -OCH3 is 1. The molecule has 34 heavy (non-hydrogen) atoms. The standard InChI is InChI=1S/C23H21N7O4/c1-3-34-23(32)25-14-15-8-10-16(11-9-15)26-22-29-20(28-21-24-12-13-30(21)22)27-18-7-5-4-6-17(18)19(31)33-2/h3-13H,1,14H2,2H3,(H,25,32)(H2,24,26,27,28,29). The number of nitrogens with one attached hydrogen (secondary N) is 3. The van der Waals surface area contributed by atoms with Crippen molar-refractivity contribution in [2.24, 2.45) is 0 Å². The first-order valence-corrected chi connectivity index (χ1v) is 10.1. The second kappa shape index (κ2) is 10.1. The van der Waals surface area contributed by atoms with Crippen LogP contribution in [-0.4, -0.2) is 38.5 Å². The van der Waals surface area contributed by atoms with Gasteiger partial charge in [0.2, 0.25) is 17.7 Å². The number of amides is 1. The fourth-order valence-corrected chi connectivity index (χ4v) is 3.09. The van der Waals surface area contributed by atoms with E-state index in [1.165, 1.54) is 7.11 Å². The van der Waals surface area contributed by atoms with Gasteiger partial charge in [0.1, 0.15) is 0 Å². The third-order valence-corrected chi connectivity index (χ3v) is 4.68. The molecule has 0 atom stereocenters. The van der Waals surface area contributed by atoms with Gasteiger partial charge in [0.25, 0.3) is 0 Å². The number of carbonyl (C=O) groups excluding carboxylic acids is 2. The molecule has 2 heterocycles. The van der Waals surface area contributed by atoms with Crippen LogP contribution in [0.5, 0.6) is 0 Å². The Labute approximate surface area is 194 Å². The fourth-order valence-electron chi connectivity index (χ4n) is 3.09. The van der Waals surface area contributed by atoms with Gasteiger partial charge >= 0.3 is 12.1 Å². The molecule has 11 nitrogen and oxygen atoms in total. The second-order valence-electron chi connectivity index (χ2n) is 6.88. The number of aromatic nitrogens is 4. The Bertz CT molecular complexity index is 1330. The number of nitrogens with zero attached hydrogens (tertiary/aromatic N) is 4. The quantitative estimate of drug-likeness (QED) is 0.266. The minimum atomic E-state index is -0.575. The lowest BCUT2D eigenvalue weighted by Gasteiger charge is -2.13. The average Bonchev–Trinajstić information content (AvgIpc) is 3.33. The molecule has 0 saturated heterocycles.